The standard InChI is InChI=1S/C19H18F3N7O2/c1-10(15-27-17(23)28-29(15)18-24-5-2-6-25-18)26-16(30)13-7-12(11-3-4-11)8-14(9-13)31-19(20,21)22/h2,5-11H,3-4H2,1H3,(H2,23,28)(H,26,30). The summed E-state index contributed by atoms with van der Waals surface area (Å²) in [6.07, 6.45) is -0.122. The first-order chi connectivity index (χ1) is 14.7. The SMILES string of the molecule is CC(NC(=O)c1cc(OC(F)(F)F)cc(C2CC2)c1)c1nc(N)nn1-c1ncccn1. The Labute approximate surface area is 174 Å². The van der Waals surface area contributed by atoms with Gasteiger partial charge in [0, 0.05) is 18.0 Å². The molecule has 2 heterocycles. The number of hydrogen-bond acceptors (Lipinski definition) is 7. The molecule has 1 unspecified atom stereocenters. The van der Waals surface area contributed by atoms with Crippen molar-refractivity contribution >= 4 is 11.9 Å². The summed E-state index contributed by atoms with van der Waals surface area (Å²) in [6, 6.07) is 4.87. The Morgan fingerprint density at radius 3 is 2.61 bits per heavy atom. The number of ether oxygens (including phenoxy) is 1. The predicted molar refractivity (Wildman–Crippen MR) is 102 cm³/mol. The zero-order valence-corrected chi connectivity index (χ0v) is 16.3. The monoisotopic (exact) mass is 433 g/mol. The van der Waals surface area contributed by atoms with Crippen LogP contribution in [0.1, 0.15) is 53.5 Å². The number of amides is 1. The van der Waals surface area contributed by atoms with Gasteiger partial charge in [-0.25, -0.2) is 9.97 Å². The van der Waals surface area contributed by atoms with E-state index >= 15 is 0 Å². The van der Waals surface area contributed by atoms with Gasteiger partial charge in [0.2, 0.25) is 5.95 Å². The Balaban J connectivity index is 1.59. The summed E-state index contributed by atoms with van der Waals surface area (Å²) in [5, 5.41) is 6.75. The molecule has 0 spiro atoms. The van der Waals surface area contributed by atoms with Crippen molar-refractivity contribution in [2.24, 2.45) is 0 Å². The van der Waals surface area contributed by atoms with Crippen molar-refractivity contribution < 1.29 is 22.7 Å². The molecule has 3 N–H and O–H groups in total. The molecular weight excluding hydrogens is 415 g/mol. The summed E-state index contributed by atoms with van der Waals surface area (Å²) in [5.74, 6) is -0.468. The maximum atomic E-state index is 12.8. The lowest BCUT2D eigenvalue weighted by Gasteiger charge is -2.16. The van der Waals surface area contributed by atoms with E-state index in [-0.39, 0.29) is 29.2 Å². The van der Waals surface area contributed by atoms with E-state index in [1.165, 1.54) is 23.1 Å². The van der Waals surface area contributed by atoms with Crippen LogP contribution in [0.15, 0.2) is 36.7 Å². The first-order valence-electron chi connectivity index (χ1n) is 9.41. The number of aromatic nitrogens is 5. The number of carbonyl (C=O) groups is 1. The molecule has 2 aromatic heterocycles. The predicted octanol–water partition coefficient (Wildman–Crippen LogP) is 2.91. The van der Waals surface area contributed by atoms with Crippen LogP contribution in [0.25, 0.3) is 5.95 Å². The number of benzene rings is 1. The Kier molecular flexibility index (Phi) is 5.21. The third-order valence-corrected chi connectivity index (χ3v) is 4.60. The number of carbonyl (C=O) groups excluding carboxylic acids is 1. The van der Waals surface area contributed by atoms with Crippen LogP contribution in [0, 0.1) is 0 Å². The van der Waals surface area contributed by atoms with Crippen molar-refractivity contribution in [1.29, 1.82) is 0 Å². The van der Waals surface area contributed by atoms with Gasteiger partial charge in [-0.1, -0.05) is 0 Å². The number of nitrogens with two attached hydrogens (primary N) is 1. The average molecular weight is 433 g/mol. The van der Waals surface area contributed by atoms with Gasteiger partial charge < -0.3 is 15.8 Å². The Morgan fingerprint density at radius 1 is 1.26 bits per heavy atom. The molecule has 162 valence electrons. The smallest absolute Gasteiger partial charge is 0.406 e. The molecule has 1 aromatic carbocycles. The second kappa shape index (κ2) is 7.85. The van der Waals surface area contributed by atoms with Gasteiger partial charge in [0.1, 0.15) is 5.75 Å². The first-order valence-corrected chi connectivity index (χ1v) is 9.41. The summed E-state index contributed by atoms with van der Waals surface area (Å²) in [4.78, 5) is 25.1. The van der Waals surface area contributed by atoms with Crippen LogP contribution in [-0.4, -0.2) is 37.0 Å². The third-order valence-electron chi connectivity index (χ3n) is 4.60. The van der Waals surface area contributed by atoms with Crippen molar-refractivity contribution in [3.8, 4) is 11.7 Å². The maximum absolute atomic E-state index is 12.8. The van der Waals surface area contributed by atoms with E-state index in [0.717, 1.165) is 18.9 Å². The summed E-state index contributed by atoms with van der Waals surface area (Å²) >= 11 is 0. The summed E-state index contributed by atoms with van der Waals surface area (Å²) in [7, 11) is 0. The highest BCUT2D eigenvalue weighted by Crippen LogP contribution is 2.42. The molecule has 1 fully saturated rings. The van der Waals surface area contributed by atoms with Gasteiger partial charge in [0.25, 0.3) is 11.9 Å². The fourth-order valence-electron chi connectivity index (χ4n) is 3.11. The van der Waals surface area contributed by atoms with Crippen LogP contribution in [0.2, 0.25) is 0 Å². The highest BCUT2D eigenvalue weighted by Gasteiger charge is 2.33. The van der Waals surface area contributed by atoms with Crippen LogP contribution in [0.5, 0.6) is 5.75 Å². The fraction of sp³-hybridized carbons (Fsp3) is 0.316. The van der Waals surface area contributed by atoms with Crippen LogP contribution >= 0.6 is 0 Å². The number of alkyl halides is 3. The van der Waals surface area contributed by atoms with Crippen LogP contribution in [0.4, 0.5) is 19.1 Å². The van der Waals surface area contributed by atoms with Gasteiger partial charge in [-0.2, -0.15) is 9.67 Å². The Bertz CT molecular complexity index is 1100. The van der Waals surface area contributed by atoms with Crippen LogP contribution in [0.3, 0.4) is 0 Å². The van der Waals surface area contributed by atoms with E-state index < -0.39 is 24.1 Å². The highest BCUT2D eigenvalue weighted by molar-refractivity contribution is 5.95. The van der Waals surface area contributed by atoms with Crippen molar-refractivity contribution in [3.05, 3.63) is 53.6 Å². The lowest BCUT2D eigenvalue weighted by atomic mass is 10.1. The van der Waals surface area contributed by atoms with Gasteiger partial charge in [0.05, 0.1) is 6.04 Å². The molecule has 9 nitrogen and oxygen atoms in total. The lowest BCUT2D eigenvalue weighted by Crippen LogP contribution is -2.29. The number of anilines is 1. The molecule has 1 saturated carbocycles. The minimum Gasteiger partial charge on any atom is -0.406 e. The van der Waals surface area contributed by atoms with E-state index in [0.29, 0.717) is 5.56 Å². The lowest BCUT2D eigenvalue weighted by molar-refractivity contribution is -0.274. The Morgan fingerprint density at radius 2 is 1.97 bits per heavy atom. The van der Waals surface area contributed by atoms with Crippen molar-refractivity contribution in [3.63, 3.8) is 0 Å². The minimum atomic E-state index is -4.85. The normalized spacial score (nSPS) is 14.8. The highest BCUT2D eigenvalue weighted by atomic mass is 19.4. The van der Waals surface area contributed by atoms with Crippen LogP contribution < -0.4 is 15.8 Å². The molecule has 1 amide bonds. The third kappa shape index (κ3) is 4.90. The van der Waals surface area contributed by atoms with Crippen molar-refractivity contribution in [2.45, 2.75) is 38.1 Å². The second-order valence-corrected chi connectivity index (χ2v) is 7.10. The molecule has 12 heteroatoms. The van der Waals surface area contributed by atoms with Crippen molar-refractivity contribution in [1.82, 2.24) is 30.0 Å². The zero-order valence-electron chi connectivity index (χ0n) is 16.3. The van der Waals surface area contributed by atoms with Crippen LogP contribution in [-0.2, 0) is 0 Å². The molecule has 31 heavy (non-hydrogen) atoms. The molecule has 0 saturated heterocycles. The van der Waals surface area contributed by atoms with Gasteiger partial charge in [-0.05, 0) is 55.5 Å². The topological polar surface area (TPSA) is 121 Å². The average Bonchev–Trinajstić information content (AvgIpc) is 3.48. The zero-order chi connectivity index (χ0) is 22.2. The molecule has 0 radical (unpaired) electrons. The number of nitrogens with zero attached hydrogens (tertiary/aromatic N) is 5. The fourth-order valence-corrected chi connectivity index (χ4v) is 3.11. The number of halogens is 3. The molecule has 3 aromatic rings. The van der Waals surface area contributed by atoms with E-state index in [1.54, 1.807) is 19.1 Å². The van der Waals surface area contributed by atoms with Crippen molar-refractivity contribution in [2.75, 3.05) is 5.73 Å². The summed E-state index contributed by atoms with van der Waals surface area (Å²) in [6.45, 7) is 1.64. The molecule has 0 bridgehead atoms. The molecule has 4 rings (SSSR count). The first kappa shape index (κ1) is 20.6. The molecule has 1 aliphatic rings. The maximum Gasteiger partial charge on any atom is 0.573 e. The minimum absolute atomic E-state index is 0.0415. The Hall–Kier alpha value is -3.70. The second-order valence-electron chi connectivity index (χ2n) is 7.10. The summed E-state index contributed by atoms with van der Waals surface area (Å²) in [5.41, 5.74) is 6.38. The molecular formula is C19H18F3N7O2. The van der Waals surface area contributed by atoms with E-state index in [9.17, 15) is 18.0 Å². The van der Waals surface area contributed by atoms with E-state index in [1.807, 2.05) is 0 Å². The molecule has 1 atom stereocenters. The van der Waals surface area contributed by atoms with Gasteiger partial charge in [-0.15, -0.1) is 18.3 Å². The largest absolute Gasteiger partial charge is 0.573 e. The summed E-state index contributed by atoms with van der Waals surface area (Å²) < 4.78 is 43.4. The van der Waals surface area contributed by atoms with Gasteiger partial charge >= 0.3 is 6.36 Å². The quantitative estimate of drug-likeness (QED) is 0.613. The number of rotatable bonds is 6. The van der Waals surface area contributed by atoms with E-state index in [2.05, 4.69) is 30.1 Å². The number of nitrogens with one attached hydrogen (secondary N) is 1. The molecule has 0 aliphatic heterocycles. The van der Waals surface area contributed by atoms with E-state index in [4.69, 9.17) is 5.73 Å². The van der Waals surface area contributed by atoms with Gasteiger partial charge in [0.15, 0.2) is 5.82 Å². The number of hydrogen-bond donors (Lipinski definition) is 2. The number of nitrogen functional groups attached to an aromatic ring is 1. The molecule has 1 aliphatic carbocycles. The van der Waals surface area contributed by atoms with Gasteiger partial charge in [-0.3, -0.25) is 4.79 Å².